The molecule has 6 heteroatoms. The van der Waals surface area contributed by atoms with Gasteiger partial charge in [-0.2, -0.15) is 0 Å². The first-order valence-corrected chi connectivity index (χ1v) is 6.07. The van der Waals surface area contributed by atoms with Crippen molar-refractivity contribution in [1.82, 2.24) is 4.98 Å². The number of hydrogen-bond acceptors (Lipinski definition) is 1. The third-order valence-electron chi connectivity index (χ3n) is 3.01. The molecule has 0 atom stereocenters. The molecule has 3 rings (SSSR count). The Balaban J connectivity index is 1.89. The van der Waals surface area contributed by atoms with Gasteiger partial charge in [0, 0.05) is 17.0 Å². The lowest BCUT2D eigenvalue weighted by Gasteiger charge is -2.04. The fourth-order valence-electron chi connectivity index (χ4n) is 2.00. The maximum Gasteiger partial charge on any atom is 0.272 e. The van der Waals surface area contributed by atoms with Crippen molar-refractivity contribution >= 4 is 22.5 Å². The molecule has 0 unspecified atom stereocenters. The zero-order chi connectivity index (χ0) is 15.0. The Morgan fingerprint density at radius 2 is 1.67 bits per heavy atom. The molecule has 1 aromatic heterocycles. The van der Waals surface area contributed by atoms with Crippen molar-refractivity contribution in [3.8, 4) is 0 Å². The number of carbonyl (C=O) groups excluding carboxylic acids is 1. The van der Waals surface area contributed by atoms with Crippen molar-refractivity contribution in [3.63, 3.8) is 0 Å². The molecule has 2 aromatic carbocycles. The van der Waals surface area contributed by atoms with E-state index < -0.39 is 23.4 Å². The van der Waals surface area contributed by atoms with Gasteiger partial charge in [0.1, 0.15) is 23.1 Å². The highest BCUT2D eigenvalue weighted by molar-refractivity contribution is 6.05. The van der Waals surface area contributed by atoms with Crippen LogP contribution in [0.5, 0.6) is 0 Å². The van der Waals surface area contributed by atoms with Gasteiger partial charge in [0.05, 0.1) is 5.69 Å². The maximum atomic E-state index is 13.5. The van der Waals surface area contributed by atoms with E-state index in [1.54, 1.807) is 0 Å². The van der Waals surface area contributed by atoms with Crippen LogP contribution in [-0.4, -0.2) is 10.9 Å². The molecule has 0 aliphatic heterocycles. The number of halogens is 3. The SMILES string of the molecule is O=C(Nc1ccc(F)cc1F)c1cc2ccc(F)cc2[nH]1. The largest absolute Gasteiger partial charge is 0.350 e. The molecule has 1 heterocycles. The second-order valence-corrected chi connectivity index (χ2v) is 4.49. The summed E-state index contributed by atoms with van der Waals surface area (Å²) in [4.78, 5) is 14.7. The van der Waals surface area contributed by atoms with Gasteiger partial charge in [-0.3, -0.25) is 4.79 Å². The smallest absolute Gasteiger partial charge is 0.272 e. The quantitative estimate of drug-likeness (QED) is 0.740. The Kier molecular flexibility index (Phi) is 3.13. The summed E-state index contributed by atoms with van der Waals surface area (Å²) in [5.74, 6) is -2.63. The van der Waals surface area contributed by atoms with Crippen LogP contribution < -0.4 is 5.32 Å². The molecule has 0 aliphatic carbocycles. The molecule has 0 saturated carbocycles. The van der Waals surface area contributed by atoms with Gasteiger partial charge < -0.3 is 10.3 Å². The summed E-state index contributed by atoms with van der Waals surface area (Å²) in [6.07, 6.45) is 0. The lowest BCUT2D eigenvalue weighted by atomic mass is 10.2. The van der Waals surface area contributed by atoms with Gasteiger partial charge in [0.2, 0.25) is 0 Å². The minimum atomic E-state index is -0.870. The number of aromatic amines is 1. The van der Waals surface area contributed by atoms with Crippen molar-refractivity contribution in [2.45, 2.75) is 0 Å². The highest BCUT2D eigenvalue weighted by Gasteiger charge is 2.12. The van der Waals surface area contributed by atoms with Crippen LogP contribution in [0.2, 0.25) is 0 Å². The molecule has 0 bridgehead atoms. The summed E-state index contributed by atoms with van der Waals surface area (Å²) in [6, 6.07) is 8.42. The van der Waals surface area contributed by atoms with E-state index in [2.05, 4.69) is 10.3 Å². The predicted octanol–water partition coefficient (Wildman–Crippen LogP) is 3.84. The van der Waals surface area contributed by atoms with Crippen LogP contribution in [0, 0.1) is 17.5 Å². The van der Waals surface area contributed by atoms with E-state index in [9.17, 15) is 18.0 Å². The molecule has 0 radical (unpaired) electrons. The molecule has 0 spiro atoms. The summed E-state index contributed by atoms with van der Waals surface area (Å²) in [7, 11) is 0. The molecular formula is C15H9F3N2O. The Morgan fingerprint density at radius 3 is 2.43 bits per heavy atom. The number of carbonyl (C=O) groups is 1. The third kappa shape index (κ3) is 2.60. The maximum absolute atomic E-state index is 13.5. The second-order valence-electron chi connectivity index (χ2n) is 4.49. The lowest BCUT2D eigenvalue weighted by Crippen LogP contribution is -2.13. The number of H-pyrrole nitrogens is 1. The van der Waals surface area contributed by atoms with Crippen LogP contribution in [0.3, 0.4) is 0 Å². The summed E-state index contributed by atoms with van der Waals surface area (Å²) in [6.45, 7) is 0. The normalized spacial score (nSPS) is 10.8. The van der Waals surface area contributed by atoms with E-state index >= 15 is 0 Å². The zero-order valence-corrected chi connectivity index (χ0v) is 10.6. The first-order chi connectivity index (χ1) is 10.0. The van der Waals surface area contributed by atoms with Crippen molar-refractivity contribution in [2.75, 3.05) is 5.32 Å². The summed E-state index contributed by atoms with van der Waals surface area (Å²) < 4.78 is 39.3. The molecule has 0 saturated heterocycles. The van der Waals surface area contributed by atoms with Crippen molar-refractivity contribution in [3.05, 3.63) is 65.6 Å². The average Bonchev–Trinajstić information content (AvgIpc) is 2.85. The van der Waals surface area contributed by atoms with Crippen LogP contribution in [0.4, 0.5) is 18.9 Å². The van der Waals surface area contributed by atoms with E-state index in [1.165, 1.54) is 24.3 Å². The number of amides is 1. The van der Waals surface area contributed by atoms with Crippen LogP contribution in [-0.2, 0) is 0 Å². The van der Waals surface area contributed by atoms with Gasteiger partial charge in [-0.15, -0.1) is 0 Å². The minimum Gasteiger partial charge on any atom is -0.350 e. The van der Waals surface area contributed by atoms with Crippen molar-refractivity contribution in [1.29, 1.82) is 0 Å². The fourth-order valence-corrected chi connectivity index (χ4v) is 2.00. The molecule has 21 heavy (non-hydrogen) atoms. The van der Waals surface area contributed by atoms with Gasteiger partial charge in [-0.05, 0) is 36.4 Å². The summed E-state index contributed by atoms with van der Waals surface area (Å²) >= 11 is 0. The molecule has 1 amide bonds. The zero-order valence-electron chi connectivity index (χ0n) is 10.6. The van der Waals surface area contributed by atoms with Gasteiger partial charge in [0.15, 0.2) is 0 Å². The standard InChI is InChI=1S/C15H9F3N2O/c16-9-3-4-12(11(18)6-9)20-15(21)14-5-8-1-2-10(17)7-13(8)19-14/h1-7,19H,(H,20,21). The van der Waals surface area contributed by atoms with E-state index in [4.69, 9.17) is 0 Å². The molecule has 106 valence electrons. The van der Waals surface area contributed by atoms with Crippen LogP contribution >= 0.6 is 0 Å². The number of rotatable bonds is 2. The Labute approximate surface area is 117 Å². The topological polar surface area (TPSA) is 44.9 Å². The molecular weight excluding hydrogens is 281 g/mol. The number of nitrogens with one attached hydrogen (secondary N) is 2. The van der Waals surface area contributed by atoms with Crippen LogP contribution in [0.15, 0.2) is 42.5 Å². The lowest BCUT2D eigenvalue weighted by molar-refractivity contribution is 0.102. The van der Waals surface area contributed by atoms with E-state index in [0.29, 0.717) is 17.0 Å². The summed E-state index contributed by atoms with van der Waals surface area (Å²) in [5.41, 5.74) is 0.477. The van der Waals surface area contributed by atoms with E-state index in [1.807, 2.05) is 0 Å². The number of benzene rings is 2. The molecule has 0 aliphatic rings. The van der Waals surface area contributed by atoms with Crippen LogP contribution in [0.1, 0.15) is 10.5 Å². The summed E-state index contributed by atoms with van der Waals surface area (Å²) in [5, 5.41) is 2.98. The van der Waals surface area contributed by atoms with Gasteiger partial charge in [0.25, 0.3) is 5.91 Å². The van der Waals surface area contributed by atoms with Gasteiger partial charge in [-0.1, -0.05) is 0 Å². The Hall–Kier alpha value is -2.76. The number of anilines is 1. The first kappa shape index (κ1) is 13.2. The molecule has 0 fully saturated rings. The van der Waals surface area contributed by atoms with E-state index in [0.717, 1.165) is 12.1 Å². The van der Waals surface area contributed by atoms with Gasteiger partial charge in [-0.25, -0.2) is 13.2 Å². The number of fused-ring (bicyclic) bond motifs is 1. The Morgan fingerprint density at radius 1 is 0.952 bits per heavy atom. The van der Waals surface area contributed by atoms with Crippen LogP contribution in [0.25, 0.3) is 10.9 Å². The first-order valence-electron chi connectivity index (χ1n) is 6.07. The van der Waals surface area contributed by atoms with Crippen molar-refractivity contribution < 1.29 is 18.0 Å². The number of hydrogen-bond donors (Lipinski definition) is 2. The monoisotopic (exact) mass is 290 g/mol. The second kappa shape index (κ2) is 4.97. The van der Waals surface area contributed by atoms with Gasteiger partial charge >= 0.3 is 0 Å². The fraction of sp³-hybridized carbons (Fsp3) is 0. The molecule has 3 nitrogen and oxygen atoms in total. The molecule has 3 aromatic rings. The highest BCUT2D eigenvalue weighted by Crippen LogP contribution is 2.19. The average molecular weight is 290 g/mol. The number of aromatic nitrogens is 1. The highest BCUT2D eigenvalue weighted by atomic mass is 19.1. The van der Waals surface area contributed by atoms with E-state index in [-0.39, 0.29) is 11.4 Å². The Bertz CT molecular complexity index is 842. The van der Waals surface area contributed by atoms with Crippen molar-refractivity contribution in [2.24, 2.45) is 0 Å². The minimum absolute atomic E-state index is 0.133. The molecule has 2 N–H and O–H groups in total. The predicted molar refractivity (Wildman–Crippen MR) is 72.6 cm³/mol. The third-order valence-corrected chi connectivity index (χ3v) is 3.01.